The van der Waals surface area contributed by atoms with E-state index in [4.69, 9.17) is 0 Å². The first-order chi connectivity index (χ1) is 13.7. The number of amides is 2. The van der Waals surface area contributed by atoms with E-state index in [1.54, 1.807) is 0 Å². The van der Waals surface area contributed by atoms with Gasteiger partial charge in [0.1, 0.15) is 5.70 Å². The fourth-order valence-corrected chi connectivity index (χ4v) is 3.66. The molecule has 0 atom stereocenters. The SMILES string of the molecule is CCCCCCN1C(=O)C(c2ccccc2)=C(N(CC)c2ccccc2)C1=O. The van der Waals surface area contributed by atoms with Crippen LogP contribution in [0.5, 0.6) is 0 Å². The van der Waals surface area contributed by atoms with Gasteiger partial charge in [-0.25, -0.2) is 0 Å². The lowest BCUT2D eigenvalue weighted by molar-refractivity contribution is -0.137. The van der Waals surface area contributed by atoms with Gasteiger partial charge < -0.3 is 4.90 Å². The summed E-state index contributed by atoms with van der Waals surface area (Å²) in [6.07, 6.45) is 4.11. The Morgan fingerprint density at radius 2 is 1.43 bits per heavy atom. The number of carbonyl (C=O) groups is 2. The number of hydrogen-bond acceptors (Lipinski definition) is 3. The standard InChI is InChI=1S/C24H28N2O2/c1-3-5-6-13-18-26-23(27)21(19-14-9-7-10-15-19)22(24(26)28)25(4-2)20-16-11-8-12-17-20/h7-12,14-17H,3-6,13,18H2,1-2H3. The van der Waals surface area contributed by atoms with E-state index in [0.717, 1.165) is 36.9 Å². The Morgan fingerprint density at radius 3 is 2.04 bits per heavy atom. The van der Waals surface area contributed by atoms with E-state index in [2.05, 4.69) is 6.92 Å². The monoisotopic (exact) mass is 376 g/mol. The summed E-state index contributed by atoms with van der Waals surface area (Å²) in [4.78, 5) is 30.0. The number of carbonyl (C=O) groups excluding carboxylic acids is 2. The average molecular weight is 377 g/mol. The van der Waals surface area contributed by atoms with Crippen LogP contribution >= 0.6 is 0 Å². The lowest BCUT2D eigenvalue weighted by atomic mass is 10.0. The summed E-state index contributed by atoms with van der Waals surface area (Å²) in [7, 11) is 0. The zero-order chi connectivity index (χ0) is 19.9. The molecule has 1 aliphatic heterocycles. The minimum Gasteiger partial charge on any atom is -0.337 e. The maximum atomic E-state index is 13.3. The highest BCUT2D eigenvalue weighted by molar-refractivity contribution is 6.36. The van der Waals surface area contributed by atoms with E-state index in [0.29, 0.717) is 24.4 Å². The second kappa shape index (κ2) is 9.36. The summed E-state index contributed by atoms with van der Waals surface area (Å²) >= 11 is 0. The quantitative estimate of drug-likeness (QED) is 0.463. The average Bonchev–Trinajstić information content (AvgIpc) is 2.98. The molecule has 2 amide bonds. The van der Waals surface area contributed by atoms with Gasteiger partial charge in [-0.2, -0.15) is 0 Å². The van der Waals surface area contributed by atoms with Crippen LogP contribution < -0.4 is 4.90 Å². The molecule has 0 saturated heterocycles. The molecule has 0 aliphatic carbocycles. The second-order valence-electron chi connectivity index (χ2n) is 6.99. The molecular formula is C24H28N2O2. The van der Waals surface area contributed by atoms with E-state index >= 15 is 0 Å². The van der Waals surface area contributed by atoms with Crippen LogP contribution in [0.25, 0.3) is 5.57 Å². The van der Waals surface area contributed by atoms with Crippen LogP contribution in [0.2, 0.25) is 0 Å². The van der Waals surface area contributed by atoms with Gasteiger partial charge in [-0.05, 0) is 31.0 Å². The van der Waals surface area contributed by atoms with Crippen molar-refractivity contribution in [1.29, 1.82) is 0 Å². The number of imide groups is 1. The predicted octanol–water partition coefficient (Wildman–Crippen LogP) is 4.87. The Bertz CT molecular complexity index is 843. The summed E-state index contributed by atoms with van der Waals surface area (Å²) in [5.41, 5.74) is 2.70. The number of nitrogens with zero attached hydrogens (tertiary/aromatic N) is 2. The number of benzene rings is 2. The molecule has 4 nitrogen and oxygen atoms in total. The van der Waals surface area contributed by atoms with Crippen LogP contribution in [0.3, 0.4) is 0 Å². The number of rotatable bonds is 9. The Balaban J connectivity index is 2.01. The number of anilines is 1. The van der Waals surface area contributed by atoms with Gasteiger partial charge in [0.15, 0.2) is 0 Å². The molecule has 0 saturated carbocycles. The highest BCUT2D eigenvalue weighted by atomic mass is 16.2. The van der Waals surface area contributed by atoms with Crippen molar-refractivity contribution in [3.05, 3.63) is 71.9 Å². The van der Waals surface area contributed by atoms with Crippen molar-refractivity contribution in [2.75, 3.05) is 18.0 Å². The molecule has 1 heterocycles. The third-order valence-electron chi connectivity index (χ3n) is 5.10. The maximum absolute atomic E-state index is 13.3. The van der Waals surface area contributed by atoms with Gasteiger partial charge in [-0.1, -0.05) is 74.7 Å². The number of hydrogen-bond donors (Lipinski definition) is 0. The van der Waals surface area contributed by atoms with Gasteiger partial charge in [-0.15, -0.1) is 0 Å². The first-order valence-electron chi connectivity index (χ1n) is 10.2. The maximum Gasteiger partial charge on any atom is 0.278 e. The van der Waals surface area contributed by atoms with Gasteiger partial charge >= 0.3 is 0 Å². The summed E-state index contributed by atoms with van der Waals surface area (Å²) < 4.78 is 0. The van der Waals surface area contributed by atoms with Crippen molar-refractivity contribution in [1.82, 2.24) is 4.90 Å². The smallest absolute Gasteiger partial charge is 0.278 e. The lowest BCUT2D eigenvalue weighted by Crippen LogP contribution is -2.36. The van der Waals surface area contributed by atoms with E-state index in [1.165, 1.54) is 4.90 Å². The van der Waals surface area contributed by atoms with Crippen molar-refractivity contribution >= 4 is 23.1 Å². The second-order valence-corrected chi connectivity index (χ2v) is 6.99. The summed E-state index contributed by atoms with van der Waals surface area (Å²) in [5, 5.41) is 0. The Morgan fingerprint density at radius 1 is 0.786 bits per heavy atom. The van der Waals surface area contributed by atoms with Gasteiger partial charge in [0.25, 0.3) is 11.8 Å². The molecule has 0 unspecified atom stereocenters. The molecule has 1 aliphatic rings. The molecule has 0 radical (unpaired) electrons. The predicted molar refractivity (Wildman–Crippen MR) is 114 cm³/mol. The fraction of sp³-hybridized carbons (Fsp3) is 0.333. The Hall–Kier alpha value is -2.88. The minimum absolute atomic E-state index is 0.183. The molecule has 3 rings (SSSR count). The molecule has 2 aromatic rings. The van der Waals surface area contributed by atoms with Crippen LogP contribution in [0.15, 0.2) is 66.4 Å². The van der Waals surface area contributed by atoms with Gasteiger partial charge in [-0.3, -0.25) is 14.5 Å². The normalized spacial score (nSPS) is 14.1. The van der Waals surface area contributed by atoms with Crippen LogP contribution in [-0.4, -0.2) is 29.8 Å². The molecule has 0 N–H and O–H groups in total. The van der Waals surface area contributed by atoms with E-state index in [9.17, 15) is 9.59 Å². The van der Waals surface area contributed by atoms with Gasteiger partial charge in [0, 0.05) is 18.8 Å². The zero-order valence-corrected chi connectivity index (χ0v) is 16.7. The molecule has 0 fully saturated rings. The number of para-hydroxylation sites is 1. The highest BCUT2D eigenvalue weighted by Crippen LogP contribution is 2.34. The van der Waals surface area contributed by atoms with Crippen molar-refractivity contribution in [3.8, 4) is 0 Å². The van der Waals surface area contributed by atoms with Crippen LogP contribution in [0.4, 0.5) is 5.69 Å². The summed E-state index contributed by atoms with van der Waals surface area (Å²) in [6.45, 7) is 5.24. The molecule has 28 heavy (non-hydrogen) atoms. The van der Waals surface area contributed by atoms with Crippen LogP contribution in [0, 0.1) is 0 Å². The molecule has 0 aromatic heterocycles. The highest BCUT2D eigenvalue weighted by Gasteiger charge is 2.41. The third kappa shape index (κ3) is 4.01. The molecule has 0 bridgehead atoms. The zero-order valence-electron chi connectivity index (χ0n) is 16.7. The first kappa shape index (κ1) is 19.9. The Labute approximate surface area is 167 Å². The topological polar surface area (TPSA) is 40.6 Å². The number of unbranched alkanes of at least 4 members (excludes halogenated alkanes) is 3. The van der Waals surface area contributed by atoms with E-state index < -0.39 is 0 Å². The lowest BCUT2D eigenvalue weighted by Gasteiger charge is -2.25. The van der Waals surface area contributed by atoms with Crippen LogP contribution in [0.1, 0.15) is 45.1 Å². The third-order valence-corrected chi connectivity index (χ3v) is 5.10. The van der Waals surface area contributed by atoms with E-state index in [1.807, 2.05) is 72.5 Å². The van der Waals surface area contributed by atoms with E-state index in [-0.39, 0.29) is 11.8 Å². The first-order valence-corrected chi connectivity index (χ1v) is 10.2. The molecule has 4 heteroatoms. The Kier molecular flexibility index (Phi) is 6.64. The molecule has 0 spiro atoms. The van der Waals surface area contributed by atoms with Crippen molar-refractivity contribution < 1.29 is 9.59 Å². The summed E-state index contributed by atoms with van der Waals surface area (Å²) in [6, 6.07) is 19.3. The minimum atomic E-state index is -0.189. The molecule has 146 valence electrons. The molecular weight excluding hydrogens is 348 g/mol. The largest absolute Gasteiger partial charge is 0.337 e. The van der Waals surface area contributed by atoms with Gasteiger partial charge in [0.05, 0.1) is 5.57 Å². The van der Waals surface area contributed by atoms with Gasteiger partial charge in [0.2, 0.25) is 0 Å². The fourth-order valence-electron chi connectivity index (χ4n) is 3.66. The van der Waals surface area contributed by atoms with Crippen molar-refractivity contribution in [3.63, 3.8) is 0 Å². The van der Waals surface area contributed by atoms with Crippen LogP contribution in [-0.2, 0) is 9.59 Å². The summed E-state index contributed by atoms with van der Waals surface area (Å²) in [5.74, 6) is -0.372. The van der Waals surface area contributed by atoms with Crippen molar-refractivity contribution in [2.24, 2.45) is 0 Å². The number of likely N-dealkylation sites (N-methyl/N-ethyl adjacent to an activating group) is 1. The molecule has 2 aromatic carbocycles. The van der Waals surface area contributed by atoms with Crippen molar-refractivity contribution in [2.45, 2.75) is 39.5 Å².